The topological polar surface area (TPSA) is 49.8 Å². The molecule has 4 nitrogen and oxygen atoms in total. The summed E-state index contributed by atoms with van der Waals surface area (Å²) in [5.74, 6) is 0.0816. The van der Waals surface area contributed by atoms with Crippen molar-refractivity contribution in [2.24, 2.45) is 0 Å². The van der Waals surface area contributed by atoms with Gasteiger partial charge in [-0.25, -0.2) is 0 Å². The molecule has 0 aliphatic carbocycles. The summed E-state index contributed by atoms with van der Waals surface area (Å²) in [7, 11) is 0. The predicted octanol–water partition coefficient (Wildman–Crippen LogP) is 2.06. The van der Waals surface area contributed by atoms with Gasteiger partial charge in [0.1, 0.15) is 11.9 Å². The Balaban J connectivity index is 2.23. The van der Waals surface area contributed by atoms with E-state index in [9.17, 15) is 4.79 Å². The summed E-state index contributed by atoms with van der Waals surface area (Å²) >= 11 is 0. The molecule has 1 unspecified atom stereocenters. The first-order chi connectivity index (χ1) is 8.06. The van der Waals surface area contributed by atoms with Crippen molar-refractivity contribution >= 4 is 11.7 Å². The van der Waals surface area contributed by atoms with Gasteiger partial charge in [0, 0.05) is 6.54 Å². The lowest BCUT2D eigenvalue weighted by molar-refractivity contribution is -0.136. The van der Waals surface area contributed by atoms with E-state index in [-0.39, 0.29) is 12.5 Å². The second-order valence-electron chi connectivity index (χ2n) is 4.49. The predicted molar refractivity (Wildman–Crippen MR) is 65.7 cm³/mol. The molecule has 0 radical (unpaired) electrons. The van der Waals surface area contributed by atoms with E-state index in [4.69, 9.17) is 9.84 Å². The zero-order valence-corrected chi connectivity index (χ0v) is 10.1. The summed E-state index contributed by atoms with van der Waals surface area (Å²) < 4.78 is 5.73. The molecule has 1 atom stereocenters. The Labute approximate surface area is 101 Å². The molecule has 0 fully saturated rings. The van der Waals surface area contributed by atoms with Crippen LogP contribution in [0, 0.1) is 6.92 Å². The van der Waals surface area contributed by atoms with Crippen molar-refractivity contribution in [3.8, 4) is 5.75 Å². The number of carboxylic acid groups (broad SMARTS) is 1. The molecule has 1 aliphatic rings. The third-order valence-corrected chi connectivity index (χ3v) is 2.86. The van der Waals surface area contributed by atoms with Gasteiger partial charge in [-0.3, -0.25) is 4.79 Å². The number of aryl methyl sites for hydroxylation is 1. The number of nitrogens with zero attached hydrogens (tertiary/aromatic N) is 1. The van der Waals surface area contributed by atoms with Crippen molar-refractivity contribution in [3.05, 3.63) is 23.8 Å². The molecule has 17 heavy (non-hydrogen) atoms. The van der Waals surface area contributed by atoms with E-state index in [1.54, 1.807) is 0 Å². The Morgan fingerprint density at radius 1 is 1.59 bits per heavy atom. The molecule has 0 aromatic heterocycles. The van der Waals surface area contributed by atoms with Crippen molar-refractivity contribution in [2.45, 2.75) is 26.4 Å². The Kier molecular flexibility index (Phi) is 3.22. The average Bonchev–Trinajstić information content (AvgIpc) is 2.26. The number of rotatable bonds is 3. The molecule has 1 heterocycles. The summed E-state index contributed by atoms with van der Waals surface area (Å²) in [6.45, 7) is 5.29. The number of carbonyl (C=O) groups is 1. The van der Waals surface area contributed by atoms with Gasteiger partial charge in [0.2, 0.25) is 0 Å². The first-order valence-corrected chi connectivity index (χ1v) is 5.80. The number of fused-ring (bicyclic) bond motifs is 1. The van der Waals surface area contributed by atoms with E-state index < -0.39 is 5.97 Å². The van der Waals surface area contributed by atoms with Crippen LogP contribution in [0.25, 0.3) is 0 Å². The smallest absolute Gasteiger partial charge is 0.305 e. The van der Waals surface area contributed by atoms with E-state index in [2.05, 4.69) is 4.90 Å². The largest absolute Gasteiger partial charge is 0.487 e. The highest BCUT2D eigenvalue weighted by Crippen LogP contribution is 2.34. The number of aliphatic carboxylic acids is 1. The van der Waals surface area contributed by atoms with Crippen LogP contribution in [0.1, 0.15) is 18.9 Å². The quantitative estimate of drug-likeness (QED) is 0.871. The van der Waals surface area contributed by atoms with Crippen LogP contribution < -0.4 is 9.64 Å². The standard InChI is InChI=1S/C13H17NO3/c1-9-3-4-12-11(7-9)14(6-5-13(15)16)8-10(2)17-12/h3-4,7,10H,5-6,8H2,1-2H3,(H,15,16). The fraction of sp³-hybridized carbons (Fsp3) is 0.462. The van der Waals surface area contributed by atoms with Crippen LogP contribution in [-0.2, 0) is 4.79 Å². The fourth-order valence-electron chi connectivity index (χ4n) is 2.08. The van der Waals surface area contributed by atoms with Crippen LogP contribution in [0.2, 0.25) is 0 Å². The number of benzene rings is 1. The number of carboxylic acids is 1. The molecule has 1 aromatic carbocycles. The molecular formula is C13H17NO3. The van der Waals surface area contributed by atoms with Crippen LogP contribution in [0.3, 0.4) is 0 Å². The van der Waals surface area contributed by atoms with Crippen LogP contribution in [0.4, 0.5) is 5.69 Å². The Morgan fingerprint density at radius 3 is 3.06 bits per heavy atom. The third-order valence-electron chi connectivity index (χ3n) is 2.86. The number of hydrogen-bond donors (Lipinski definition) is 1. The molecule has 0 amide bonds. The lowest BCUT2D eigenvalue weighted by Crippen LogP contribution is -2.39. The minimum Gasteiger partial charge on any atom is -0.487 e. The molecule has 0 saturated heterocycles. The van der Waals surface area contributed by atoms with Crippen molar-refractivity contribution < 1.29 is 14.6 Å². The number of anilines is 1. The van der Waals surface area contributed by atoms with E-state index in [1.807, 2.05) is 32.0 Å². The van der Waals surface area contributed by atoms with Gasteiger partial charge in [0.15, 0.2) is 0 Å². The Hall–Kier alpha value is -1.71. The van der Waals surface area contributed by atoms with Gasteiger partial charge in [0.05, 0.1) is 18.7 Å². The van der Waals surface area contributed by atoms with Crippen molar-refractivity contribution in [1.29, 1.82) is 0 Å². The highest BCUT2D eigenvalue weighted by Gasteiger charge is 2.23. The third kappa shape index (κ3) is 2.70. The maximum absolute atomic E-state index is 10.6. The van der Waals surface area contributed by atoms with Crippen LogP contribution >= 0.6 is 0 Å². The zero-order valence-electron chi connectivity index (χ0n) is 10.1. The molecule has 0 spiro atoms. The summed E-state index contributed by atoms with van der Waals surface area (Å²) in [5, 5.41) is 8.75. The maximum Gasteiger partial charge on any atom is 0.305 e. The average molecular weight is 235 g/mol. The van der Waals surface area contributed by atoms with Crippen molar-refractivity contribution in [3.63, 3.8) is 0 Å². The van der Waals surface area contributed by atoms with E-state index >= 15 is 0 Å². The maximum atomic E-state index is 10.6. The monoisotopic (exact) mass is 235 g/mol. The minimum atomic E-state index is -0.765. The number of ether oxygens (including phenoxy) is 1. The van der Waals surface area contributed by atoms with E-state index in [1.165, 1.54) is 0 Å². The molecule has 1 aromatic rings. The molecule has 0 saturated carbocycles. The van der Waals surface area contributed by atoms with Gasteiger partial charge in [-0.1, -0.05) is 6.07 Å². The highest BCUT2D eigenvalue weighted by molar-refractivity contribution is 5.69. The molecule has 2 rings (SSSR count). The second-order valence-corrected chi connectivity index (χ2v) is 4.49. The van der Waals surface area contributed by atoms with Crippen LogP contribution in [0.15, 0.2) is 18.2 Å². The Morgan fingerprint density at radius 2 is 2.35 bits per heavy atom. The van der Waals surface area contributed by atoms with Gasteiger partial charge in [-0.2, -0.15) is 0 Å². The molecule has 92 valence electrons. The summed E-state index contributed by atoms with van der Waals surface area (Å²) in [5.41, 5.74) is 2.16. The van der Waals surface area contributed by atoms with E-state index in [0.29, 0.717) is 6.54 Å². The first kappa shape index (κ1) is 11.8. The minimum absolute atomic E-state index is 0.0963. The SMILES string of the molecule is Cc1ccc2c(c1)N(CCC(=O)O)CC(C)O2. The molecule has 0 bridgehead atoms. The number of hydrogen-bond acceptors (Lipinski definition) is 3. The molecule has 1 N–H and O–H groups in total. The lowest BCUT2D eigenvalue weighted by Gasteiger charge is -2.35. The van der Waals surface area contributed by atoms with Crippen LogP contribution in [0.5, 0.6) is 5.75 Å². The molecule has 1 aliphatic heterocycles. The summed E-state index contributed by atoms with van der Waals surface area (Å²) in [6, 6.07) is 6.00. The summed E-state index contributed by atoms with van der Waals surface area (Å²) in [4.78, 5) is 12.7. The van der Waals surface area contributed by atoms with Gasteiger partial charge in [-0.15, -0.1) is 0 Å². The first-order valence-electron chi connectivity index (χ1n) is 5.80. The van der Waals surface area contributed by atoms with Gasteiger partial charge in [-0.05, 0) is 31.5 Å². The van der Waals surface area contributed by atoms with Gasteiger partial charge >= 0.3 is 5.97 Å². The van der Waals surface area contributed by atoms with Gasteiger partial charge in [0.25, 0.3) is 0 Å². The second kappa shape index (κ2) is 4.65. The van der Waals surface area contributed by atoms with Crippen molar-refractivity contribution in [1.82, 2.24) is 0 Å². The molecular weight excluding hydrogens is 218 g/mol. The van der Waals surface area contributed by atoms with E-state index in [0.717, 1.165) is 23.5 Å². The highest BCUT2D eigenvalue weighted by atomic mass is 16.5. The van der Waals surface area contributed by atoms with Gasteiger partial charge < -0.3 is 14.7 Å². The molecule has 4 heteroatoms. The summed E-state index contributed by atoms with van der Waals surface area (Å²) in [6.07, 6.45) is 0.249. The van der Waals surface area contributed by atoms with Crippen molar-refractivity contribution in [2.75, 3.05) is 18.0 Å². The lowest BCUT2D eigenvalue weighted by atomic mass is 10.1. The van der Waals surface area contributed by atoms with Crippen LogP contribution in [-0.4, -0.2) is 30.3 Å². The fourth-order valence-corrected chi connectivity index (χ4v) is 2.08. The Bertz CT molecular complexity index is 431. The normalized spacial score (nSPS) is 18.5. The zero-order chi connectivity index (χ0) is 12.4.